The predicted molar refractivity (Wildman–Crippen MR) is 490 cm³/mol. The molecule has 0 heterocycles. The first-order valence-corrected chi connectivity index (χ1v) is 42.4. The Labute approximate surface area is 719 Å². The molecular weight excluding hydrogens is 1580 g/mol. The minimum Gasteiger partial charge on any atom is -0.512 e. The number of benzene rings is 10. The van der Waals surface area contributed by atoms with E-state index in [1.807, 2.05) is 179 Å². The van der Waals surface area contributed by atoms with Gasteiger partial charge in [0.25, 0.3) is 0 Å². The van der Waals surface area contributed by atoms with Crippen molar-refractivity contribution < 1.29 is 43.5 Å². The molecule has 122 heavy (non-hydrogen) atoms. The lowest BCUT2D eigenvalue weighted by molar-refractivity contribution is 0.0750. The summed E-state index contributed by atoms with van der Waals surface area (Å²) in [4.78, 5) is 108. The van der Waals surface area contributed by atoms with Crippen molar-refractivity contribution in [3.63, 3.8) is 0 Å². The van der Waals surface area contributed by atoms with Crippen LogP contribution in [0, 0.1) is 82.0 Å². The summed E-state index contributed by atoms with van der Waals surface area (Å²) in [7, 11) is 0. The van der Waals surface area contributed by atoms with E-state index in [2.05, 4.69) is 114 Å². The number of aryl methyl sites for hydroxylation is 9. The van der Waals surface area contributed by atoms with Gasteiger partial charge < -0.3 is 42.7 Å². The molecule has 0 aromatic heterocycles. The van der Waals surface area contributed by atoms with Gasteiger partial charge in [0, 0.05) is 112 Å². The molecule has 0 radical (unpaired) electrons. The fourth-order valence-electron chi connectivity index (χ4n) is 17.8. The molecule has 612 valence electrons. The van der Waals surface area contributed by atoms with Crippen molar-refractivity contribution in [3.05, 3.63) is 406 Å². The fourth-order valence-corrected chi connectivity index (χ4v) is 18.3. The van der Waals surface area contributed by atoms with E-state index in [1.54, 1.807) is 78.9 Å². The first-order valence-electron chi connectivity index (χ1n) is 41.6. The maximum Gasteiger partial charge on any atom is 0.175 e. The van der Waals surface area contributed by atoms with E-state index in [0.29, 0.717) is 71.8 Å². The Morgan fingerprint density at radius 1 is 0.320 bits per heavy atom. The van der Waals surface area contributed by atoms with Gasteiger partial charge >= 0.3 is 0 Å². The van der Waals surface area contributed by atoms with E-state index in [9.17, 15) is 43.5 Å². The molecule has 17 heteroatoms. The van der Waals surface area contributed by atoms with Gasteiger partial charge in [-0.15, -0.1) is 0 Å². The quantitative estimate of drug-likeness (QED) is 0.0447. The lowest BCUT2D eigenvalue weighted by atomic mass is 9.69. The summed E-state index contributed by atoms with van der Waals surface area (Å²) in [5.41, 5.74) is 30.9. The summed E-state index contributed by atoms with van der Waals surface area (Å²) in [5, 5.41) is 30.9. The van der Waals surface area contributed by atoms with Gasteiger partial charge in [0.2, 0.25) is 0 Å². The number of carbonyl (C=O) groups excluding carboxylic acids is 8. The van der Waals surface area contributed by atoms with Gasteiger partial charge in [0.15, 0.2) is 46.3 Å². The van der Waals surface area contributed by atoms with Crippen molar-refractivity contribution in [3.8, 4) is 0 Å². The molecule has 0 fully saturated rings. The molecule has 8 unspecified atom stereocenters. The van der Waals surface area contributed by atoms with Crippen LogP contribution in [0.3, 0.4) is 0 Å². The number of nitrogens with one attached hydrogen (secondary N) is 6. The standard InChI is InChI=1S/C36H40N2O2.C28H24N2O2.C21H17NO3.C20H15BrN2O2/c1-7-23-17-21(5)18-24(8-2)33(23)37-29-15-16-30(38-34-25(9-3)19-22(6)20-26(34)10-4)32-31(29)35(39)27-13-11-12-14-28(27)36(32)40;1-17-9-13-19(14-10-17)29-23-7-3-5-21-25(23)28(32)26-22(27(21)31)6-4-8-24(26)30-20-15-11-18(2)12-16-20;1-12-6-8-13(9-7-12)22-16-10-11-17(23)19-18(16)20(24)14-4-2-3-5-15(14)21(19)25;21-14-10-15(23-11-6-2-1-3-7-11)16-17(18(14)22)20(25)13-9-5-4-8-12(13)19(16)24/h11-20,31-32,37-38H,7-10H2,1-6H3;3-16,21,25,29-30H,1-2H3;2-11,18-19,22-23H,1H3;1-10,16-17,23H,22H2. The number of rotatable bonds is 16. The second-order valence-electron chi connectivity index (χ2n) is 32.1. The minimum absolute atomic E-state index is 0.00936. The number of allylic oxidation sites excluding steroid dienone is 16. The molecular formula is C105H96BrN7O9. The van der Waals surface area contributed by atoms with Crippen molar-refractivity contribution in [1.29, 1.82) is 0 Å². The highest BCUT2D eigenvalue weighted by Crippen LogP contribution is 2.48. The van der Waals surface area contributed by atoms with Crippen LogP contribution in [0.5, 0.6) is 0 Å². The number of hydrogen-bond donors (Lipinski definition) is 8. The molecule has 0 spiro atoms. The Kier molecular flexibility index (Phi) is 24.4. The maximum absolute atomic E-state index is 14.2. The van der Waals surface area contributed by atoms with E-state index < -0.39 is 47.3 Å². The lowest BCUT2D eigenvalue weighted by Crippen LogP contribution is -2.43. The summed E-state index contributed by atoms with van der Waals surface area (Å²) in [5.74, 6) is -5.93. The van der Waals surface area contributed by atoms with Crippen LogP contribution in [0.1, 0.15) is 161 Å². The number of hydrogen-bond acceptors (Lipinski definition) is 16. The van der Waals surface area contributed by atoms with Crippen molar-refractivity contribution in [1.82, 2.24) is 0 Å². The van der Waals surface area contributed by atoms with Crippen LogP contribution in [0.2, 0.25) is 0 Å². The Morgan fingerprint density at radius 2 is 0.656 bits per heavy atom. The number of ketones is 8. The zero-order valence-electron chi connectivity index (χ0n) is 69.5. The van der Waals surface area contributed by atoms with Gasteiger partial charge in [-0.25, -0.2) is 0 Å². The van der Waals surface area contributed by atoms with Gasteiger partial charge in [-0.2, -0.15) is 0 Å². The smallest absolute Gasteiger partial charge is 0.175 e. The molecule has 0 bridgehead atoms. The SMILES string of the molecule is CCc1cc(C)cc(CC)c1NC1=CC=C(Nc2c(CC)cc(C)cc2CC)C2C(=O)c3ccccc3C(=O)C12.Cc1ccc(NC2=CC=C(O)C3C(=O)c4ccccc4C(=O)C23)cc1.Cc1ccc(NC2=CC=CC3C(=O)c4cccc(Nc5ccc(C)cc5)c4C(=O)C23)cc1.NC1=C(Br)C=C(Nc2ccccc2)C2C(=O)c3ccccc3C(=O)C12. The number of aliphatic hydroxyl groups is 1. The second kappa shape index (κ2) is 35.7. The first kappa shape index (κ1) is 83.4. The molecule has 10 aromatic rings. The molecule has 8 atom stereocenters. The van der Waals surface area contributed by atoms with Crippen molar-refractivity contribution in [2.75, 3.05) is 31.9 Å². The average molecular weight is 1680 g/mol. The molecule has 16 nitrogen and oxygen atoms in total. The van der Waals surface area contributed by atoms with E-state index in [-0.39, 0.29) is 52.0 Å². The summed E-state index contributed by atoms with van der Waals surface area (Å²) in [6, 6.07) is 68.6. The van der Waals surface area contributed by atoms with Crippen LogP contribution in [-0.2, 0) is 25.7 Å². The summed E-state index contributed by atoms with van der Waals surface area (Å²) in [6.07, 6.45) is 18.1. The van der Waals surface area contributed by atoms with Gasteiger partial charge in [0.1, 0.15) is 5.76 Å². The molecule has 8 aliphatic rings. The Hall–Kier alpha value is -13.6. The van der Waals surface area contributed by atoms with Crippen molar-refractivity contribution in [2.24, 2.45) is 53.1 Å². The van der Waals surface area contributed by atoms with Crippen LogP contribution in [0.15, 0.2) is 311 Å². The van der Waals surface area contributed by atoms with Gasteiger partial charge in [-0.05, 0) is 190 Å². The second-order valence-corrected chi connectivity index (χ2v) is 32.9. The zero-order chi connectivity index (χ0) is 85.9. The van der Waals surface area contributed by atoms with E-state index >= 15 is 0 Å². The zero-order valence-corrected chi connectivity index (χ0v) is 71.1. The number of para-hydroxylation sites is 1. The van der Waals surface area contributed by atoms with E-state index in [1.165, 1.54) is 39.5 Å². The average Bonchev–Trinajstić information content (AvgIpc) is 0.741. The van der Waals surface area contributed by atoms with Crippen LogP contribution < -0.4 is 37.6 Å². The monoisotopic (exact) mass is 1680 g/mol. The molecule has 8 aliphatic carbocycles. The predicted octanol–water partition coefficient (Wildman–Crippen LogP) is 22.3. The number of aliphatic hydroxyl groups excluding tert-OH is 1. The number of fused-ring (bicyclic) bond motifs is 8. The van der Waals surface area contributed by atoms with Crippen molar-refractivity contribution in [2.45, 2.75) is 88.0 Å². The summed E-state index contributed by atoms with van der Waals surface area (Å²) < 4.78 is 0.632. The molecule has 0 saturated heterocycles. The molecule has 18 rings (SSSR count). The number of Topliss-reactive ketones (excluding diaryl/α,β-unsaturated/α-hetero) is 8. The highest BCUT2D eigenvalue weighted by Gasteiger charge is 2.51. The largest absolute Gasteiger partial charge is 0.512 e. The number of halogens is 1. The first-order chi connectivity index (χ1) is 58.9. The van der Waals surface area contributed by atoms with Gasteiger partial charge in [-0.3, -0.25) is 38.4 Å². The molecule has 9 N–H and O–H groups in total. The molecule has 0 aliphatic heterocycles. The normalized spacial score (nSPS) is 20.0. The molecule has 0 saturated carbocycles. The Balaban J connectivity index is 0.000000129. The lowest BCUT2D eigenvalue weighted by Gasteiger charge is -2.37. The van der Waals surface area contributed by atoms with E-state index in [0.717, 1.165) is 93.6 Å². The van der Waals surface area contributed by atoms with Crippen LogP contribution in [0.25, 0.3) is 0 Å². The summed E-state index contributed by atoms with van der Waals surface area (Å²) >= 11 is 3.43. The maximum atomic E-state index is 14.2. The third-order valence-corrected chi connectivity index (χ3v) is 24.7. The van der Waals surface area contributed by atoms with E-state index in [4.69, 9.17) is 5.73 Å². The Morgan fingerprint density at radius 3 is 1.08 bits per heavy atom. The molecule has 10 aromatic carbocycles. The third kappa shape index (κ3) is 16.5. The fraction of sp³-hybridized carbons (Fsp3) is 0.200. The topological polar surface area (TPSA) is 255 Å². The Bertz CT molecular complexity index is 6030. The number of carbonyl (C=O) groups is 8. The van der Waals surface area contributed by atoms with Gasteiger partial charge in [0.05, 0.1) is 58.6 Å². The number of nitrogens with two attached hydrogens (primary N) is 1. The number of anilines is 7. The van der Waals surface area contributed by atoms with Crippen LogP contribution >= 0.6 is 15.9 Å². The van der Waals surface area contributed by atoms with Crippen molar-refractivity contribution >= 4 is 102 Å². The highest BCUT2D eigenvalue weighted by atomic mass is 79.9. The molecule has 0 amide bonds. The van der Waals surface area contributed by atoms with Crippen LogP contribution in [-0.4, -0.2) is 51.4 Å². The summed E-state index contributed by atoms with van der Waals surface area (Å²) in [6.45, 7) is 18.9. The third-order valence-electron chi connectivity index (χ3n) is 24.0. The van der Waals surface area contributed by atoms with Crippen LogP contribution in [0.4, 0.5) is 39.8 Å². The van der Waals surface area contributed by atoms with Gasteiger partial charge in [-0.1, -0.05) is 231 Å². The highest BCUT2D eigenvalue weighted by molar-refractivity contribution is 9.11. The minimum atomic E-state index is -0.861.